The molecule has 5 nitrogen and oxygen atoms in total. The lowest BCUT2D eigenvalue weighted by Crippen LogP contribution is -2.47. The summed E-state index contributed by atoms with van der Waals surface area (Å²) in [5, 5.41) is 2.26. The fourth-order valence-electron chi connectivity index (χ4n) is 1.08. The van der Waals surface area contributed by atoms with Crippen molar-refractivity contribution in [3.8, 4) is 0 Å². The van der Waals surface area contributed by atoms with Crippen molar-refractivity contribution in [2.24, 2.45) is 11.3 Å². The first-order chi connectivity index (χ1) is 8.46. The number of imide groups is 1. The van der Waals surface area contributed by atoms with Crippen LogP contribution in [0.1, 0.15) is 41.5 Å². The van der Waals surface area contributed by atoms with Crippen molar-refractivity contribution in [1.82, 2.24) is 5.32 Å². The zero-order chi connectivity index (χ0) is 15.4. The summed E-state index contributed by atoms with van der Waals surface area (Å²) in [6.07, 6.45) is -1.00. The molecule has 0 bridgehead atoms. The molecule has 2 amide bonds. The van der Waals surface area contributed by atoms with E-state index in [1.807, 2.05) is 0 Å². The highest BCUT2D eigenvalue weighted by molar-refractivity contribution is 6.00. The summed E-state index contributed by atoms with van der Waals surface area (Å²) in [5.74, 6) is -1.90. The molecule has 5 heteroatoms. The third kappa shape index (κ3) is 5.68. The lowest BCUT2D eigenvalue weighted by molar-refractivity contribution is -0.156. The predicted octanol–water partition coefficient (Wildman–Crippen LogP) is 1.82. The number of hydrogen-bond acceptors (Lipinski definition) is 4. The number of amides is 2. The van der Waals surface area contributed by atoms with Crippen molar-refractivity contribution in [2.75, 3.05) is 0 Å². The highest BCUT2D eigenvalue weighted by Gasteiger charge is 2.31. The third-order valence-electron chi connectivity index (χ3n) is 2.36. The van der Waals surface area contributed by atoms with Gasteiger partial charge in [-0.3, -0.25) is 14.9 Å². The first kappa shape index (κ1) is 17.4. The van der Waals surface area contributed by atoms with Gasteiger partial charge in [-0.15, -0.1) is 0 Å². The molecule has 0 aliphatic rings. The third-order valence-corrected chi connectivity index (χ3v) is 2.36. The molecule has 0 radical (unpaired) electrons. The molecule has 1 atom stereocenters. The average Bonchev–Trinajstić information content (AvgIpc) is 2.22. The normalized spacial score (nSPS) is 12.8. The molecular formula is C14H23NO4. The van der Waals surface area contributed by atoms with E-state index in [9.17, 15) is 14.4 Å². The first-order valence-electron chi connectivity index (χ1n) is 6.18. The molecule has 0 fully saturated rings. The number of nitrogens with one attached hydrogen (secondary N) is 1. The van der Waals surface area contributed by atoms with Gasteiger partial charge in [0.25, 0.3) is 5.91 Å². The Hall–Kier alpha value is -1.65. The van der Waals surface area contributed by atoms with Crippen molar-refractivity contribution in [3.05, 3.63) is 12.2 Å². The topological polar surface area (TPSA) is 72.5 Å². The fourth-order valence-corrected chi connectivity index (χ4v) is 1.08. The molecule has 0 aromatic rings. The second kappa shape index (κ2) is 6.50. The van der Waals surface area contributed by atoms with Gasteiger partial charge in [0.2, 0.25) is 5.91 Å². The van der Waals surface area contributed by atoms with Gasteiger partial charge in [0.15, 0.2) is 6.10 Å². The number of carbonyl (C=O) groups excluding carboxylic acids is 3. The Morgan fingerprint density at radius 3 is 1.95 bits per heavy atom. The van der Waals surface area contributed by atoms with Gasteiger partial charge in [0.05, 0.1) is 0 Å². The van der Waals surface area contributed by atoms with Crippen LogP contribution >= 0.6 is 0 Å². The molecule has 108 valence electrons. The minimum absolute atomic E-state index is 0.209. The maximum Gasteiger partial charge on any atom is 0.333 e. The Morgan fingerprint density at radius 2 is 1.63 bits per heavy atom. The van der Waals surface area contributed by atoms with E-state index in [2.05, 4.69) is 11.9 Å². The van der Waals surface area contributed by atoms with Gasteiger partial charge in [-0.2, -0.15) is 0 Å². The standard InChI is InChI=1S/C14H23NO4/c1-8(2)10(19-12(17)9(3)4)11(16)15-13(18)14(5,6)7/h8,10H,3H2,1-2,4-7H3,(H,15,16,18). The zero-order valence-electron chi connectivity index (χ0n) is 12.5. The van der Waals surface area contributed by atoms with Crippen molar-refractivity contribution in [3.63, 3.8) is 0 Å². The zero-order valence-corrected chi connectivity index (χ0v) is 12.5. The molecule has 1 unspecified atom stereocenters. The molecule has 0 aromatic carbocycles. The van der Waals surface area contributed by atoms with Crippen LogP contribution in [0.2, 0.25) is 0 Å². The minimum atomic E-state index is -1.00. The molecule has 19 heavy (non-hydrogen) atoms. The van der Waals surface area contributed by atoms with Crippen LogP contribution in [0.5, 0.6) is 0 Å². The maximum atomic E-state index is 12.0. The smallest absolute Gasteiger partial charge is 0.333 e. The summed E-state index contributed by atoms with van der Waals surface area (Å²) in [4.78, 5) is 35.2. The van der Waals surface area contributed by atoms with Crippen LogP contribution in [-0.4, -0.2) is 23.9 Å². The van der Waals surface area contributed by atoms with Gasteiger partial charge in [-0.25, -0.2) is 4.79 Å². The van der Waals surface area contributed by atoms with Gasteiger partial charge in [0.1, 0.15) is 0 Å². The number of hydrogen-bond donors (Lipinski definition) is 1. The minimum Gasteiger partial charge on any atom is -0.449 e. The Morgan fingerprint density at radius 1 is 1.16 bits per heavy atom. The largest absolute Gasteiger partial charge is 0.449 e. The van der Waals surface area contributed by atoms with E-state index in [0.29, 0.717) is 0 Å². The fraction of sp³-hybridized carbons (Fsp3) is 0.643. The highest BCUT2D eigenvalue weighted by atomic mass is 16.5. The predicted molar refractivity (Wildman–Crippen MR) is 72.1 cm³/mol. The summed E-state index contributed by atoms with van der Waals surface area (Å²) < 4.78 is 5.05. The van der Waals surface area contributed by atoms with Crippen LogP contribution in [0.3, 0.4) is 0 Å². The van der Waals surface area contributed by atoms with Gasteiger partial charge < -0.3 is 4.74 Å². The average molecular weight is 269 g/mol. The van der Waals surface area contributed by atoms with E-state index in [0.717, 1.165) is 0 Å². The number of rotatable bonds is 4. The van der Waals surface area contributed by atoms with E-state index >= 15 is 0 Å². The number of carbonyl (C=O) groups is 3. The van der Waals surface area contributed by atoms with Gasteiger partial charge in [-0.05, 0) is 12.8 Å². The van der Waals surface area contributed by atoms with Crippen LogP contribution in [0.15, 0.2) is 12.2 Å². The quantitative estimate of drug-likeness (QED) is 0.624. The van der Waals surface area contributed by atoms with Crippen molar-refractivity contribution in [2.45, 2.75) is 47.6 Å². The lowest BCUT2D eigenvalue weighted by atomic mass is 9.95. The van der Waals surface area contributed by atoms with Crippen LogP contribution < -0.4 is 5.32 Å². The van der Waals surface area contributed by atoms with Crippen LogP contribution in [0.25, 0.3) is 0 Å². The summed E-state index contributed by atoms with van der Waals surface area (Å²) in [7, 11) is 0. The van der Waals surface area contributed by atoms with Crippen LogP contribution in [0.4, 0.5) is 0 Å². The van der Waals surface area contributed by atoms with Gasteiger partial charge >= 0.3 is 5.97 Å². The van der Waals surface area contributed by atoms with Gasteiger partial charge in [-0.1, -0.05) is 41.2 Å². The van der Waals surface area contributed by atoms with E-state index in [1.165, 1.54) is 6.92 Å². The first-order valence-corrected chi connectivity index (χ1v) is 6.18. The molecule has 0 aliphatic heterocycles. The molecule has 0 aliphatic carbocycles. The van der Waals surface area contributed by atoms with Crippen molar-refractivity contribution in [1.29, 1.82) is 0 Å². The van der Waals surface area contributed by atoms with Crippen molar-refractivity contribution < 1.29 is 19.1 Å². The molecule has 0 rings (SSSR count). The molecule has 0 heterocycles. The van der Waals surface area contributed by atoms with E-state index in [1.54, 1.807) is 34.6 Å². The Balaban J connectivity index is 4.83. The lowest BCUT2D eigenvalue weighted by Gasteiger charge is -2.23. The molecule has 0 saturated carbocycles. The van der Waals surface area contributed by atoms with E-state index in [4.69, 9.17) is 4.74 Å². The van der Waals surface area contributed by atoms with E-state index < -0.39 is 29.3 Å². The Kier molecular flexibility index (Phi) is 5.93. The summed E-state index contributed by atoms with van der Waals surface area (Å²) in [6.45, 7) is 13.5. The maximum absolute atomic E-state index is 12.0. The number of ether oxygens (including phenoxy) is 1. The molecule has 1 N–H and O–H groups in total. The highest BCUT2D eigenvalue weighted by Crippen LogP contribution is 2.14. The SMILES string of the molecule is C=C(C)C(=O)OC(C(=O)NC(=O)C(C)(C)C)C(C)C. The Bertz CT molecular complexity index is 391. The number of esters is 1. The molecular weight excluding hydrogens is 246 g/mol. The monoisotopic (exact) mass is 269 g/mol. The summed E-state index contributed by atoms with van der Waals surface area (Å²) >= 11 is 0. The van der Waals surface area contributed by atoms with Gasteiger partial charge in [0, 0.05) is 11.0 Å². The second-order valence-corrected chi connectivity index (χ2v) is 5.92. The van der Waals surface area contributed by atoms with Crippen molar-refractivity contribution >= 4 is 17.8 Å². The van der Waals surface area contributed by atoms with E-state index in [-0.39, 0.29) is 11.5 Å². The Labute approximate surface area is 114 Å². The molecule has 0 aromatic heterocycles. The molecule has 0 spiro atoms. The summed E-state index contributed by atoms with van der Waals surface area (Å²) in [6, 6.07) is 0. The van der Waals surface area contributed by atoms with Crippen LogP contribution in [-0.2, 0) is 19.1 Å². The summed E-state index contributed by atoms with van der Waals surface area (Å²) in [5.41, 5.74) is -0.476. The second-order valence-electron chi connectivity index (χ2n) is 5.92. The van der Waals surface area contributed by atoms with Crippen LogP contribution in [0, 0.1) is 11.3 Å². The molecule has 0 saturated heterocycles.